The molecule has 8 N–H and O–H groups in total. The molecule has 0 heterocycles. The van der Waals surface area contributed by atoms with Gasteiger partial charge in [-0.05, 0) is 128 Å². The van der Waals surface area contributed by atoms with Crippen LogP contribution in [0.2, 0.25) is 0 Å². The van der Waals surface area contributed by atoms with Gasteiger partial charge in [0.15, 0.2) is 0 Å². The van der Waals surface area contributed by atoms with Crippen molar-refractivity contribution in [3.05, 3.63) is 91.9 Å². The van der Waals surface area contributed by atoms with Gasteiger partial charge in [0.05, 0.1) is 11.1 Å². The van der Waals surface area contributed by atoms with Gasteiger partial charge in [0.1, 0.15) is 0 Å². The Balaban J connectivity index is 0.000000222. The lowest BCUT2D eigenvalue weighted by Crippen LogP contribution is -2.09. The van der Waals surface area contributed by atoms with Crippen LogP contribution in [-0.2, 0) is 12.4 Å². The van der Waals surface area contributed by atoms with Crippen LogP contribution in [0.5, 0.6) is 0 Å². The summed E-state index contributed by atoms with van der Waals surface area (Å²) in [4.78, 5) is 0. The molecule has 0 spiro atoms. The maximum absolute atomic E-state index is 13.2. The highest BCUT2D eigenvalue weighted by Gasteiger charge is 2.35. The summed E-state index contributed by atoms with van der Waals surface area (Å²) in [5, 5.41) is 0. The van der Waals surface area contributed by atoms with Crippen molar-refractivity contribution in [1.82, 2.24) is 0 Å². The van der Waals surface area contributed by atoms with Crippen molar-refractivity contribution >= 4 is 54.6 Å². The Labute approximate surface area is 243 Å². The topological polar surface area (TPSA) is 104 Å². The van der Waals surface area contributed by atoms with Gasteiger partial charge in [-0.25, -0.2) is 0 Å². The Bertz CT molecular complexity index is 1570. The molecule has 212 valence electrons. The molecule has 0 fully saturated rings. The predicted molar refractivity (Wildman–Crippen MR) is 156 cm³/mol. The number of alkyl halides is 6. The molecule has 4 rings (SSSR count). The first-order valence-corrected chi connectivity index (χ1v) is 13.0. The molecular formula is C28H24Br2F6N4. The van der Waals surface area contributed by atoms with E-state index in [0.717, 1.165) is 12.1 Å². The maximum atomic E-state index is 13.2. The van der Waals surface area contributed by atoms with Gasteiger partial charge in [0, 0.05) is 31.7 Å². The van der Waals surface area contributed by atoms with E-state index < -0.39 is 23.5 Å². The summed E-state index contributed by atoms with van der Waals surface area (Å²) >= 11 is 6.42. The molecule has 4 aromatic carbocycles. The first-order chi connectivity index (χ1) is 18.4. The van der Waals surface area contributed by atoms with E-state index in [9.17, 15) is 26.3 Å². The average molecular weight is 690 g/mol. The summed E-state index contributed by atoms with van der Waals surface area (Å²) in [7, 11) is 0. The number of halogens is 8. The first-order valence-electron chi connectivity index (χ1n) is 11.5. The third-order valence-corrected chi connectivity index (χ3v) is 7.34. The van der Waals surface area contributed by atoms with Gasteiger partial charge < -0.3 is 22.9 Å². The van der Waals surface area contributed by atoms with Crippen molar-refractivity contribution in [2.24, 2.45) is 0 Å². The van der Waals surface area contributed by atoms with E-state index in [2.05, 4.69) is 31.9 Å². The summed E-state index contributed by atoms with van der Waals surface area (Å²) in [6, 6.07) is 14.1. The van der Waals surface area contributed by atoms with E-state index in [4.69, 9.17) is 22.9 Å². The van der Waals surface area contributed by atoms with E-state index in [-0.39, 0.29) is 22.5 Å². The normalized spacial score (nSPS) is 11.7. The number of nitrogen functional groups attached to an aromatic ring is 4. The molecule has 4 nitrogen and oxygen atoms in total. The molecule has 0 saturated heterocycles. The average Bonchev–Trinajstić information content (AvgIpc) is 2.82. The molecule has 0 aliphatic rings. The number of aryl methyl sites for hydroxylation is 2. The summed E-state index contributed by atoms with van der Waals surface area (Å²) < 4.78 is 79.8. The van der Waals surface area contributed by atoms with Gasteiger partial charge in [-0.15, -0.1) is 0 Å². The monoisotopic (exact) mass is 688 g/mol. The second-order valence-corrected chi connectivity index (χ2v) is 10.7. The predicted octanol–water partition coefficient (Wildman–Crippen LogP) is 9.22. The molecule has 0 aromatic heterocycles. The van der Waals surface area contributed by atoms with Crippen molar-refractivity contribution in [2.75, 3.05) is 22.9 Å². The van der Waals surface area contributed by atoms with E-state index >= 15 is 0 Å². The molecule has 0 atom stereocenters. The van der Waals surface area contributed by atoms with Gasteiger partial charge in [-0.2, -0.15) is 26.3 Å². The van der Waals surface area contributed by atoms with Crippen LogP contribution in [0.15, 0.2) is 69.6 Å². The molecule has 0 unspecified atom stereocenters. The molecular weight excluding hydrogens is 666 g/mol. The largest absolute Gasteiger partial charge is 0.417 e. The lowest BCUT2D eigenvalue weighted by Gasteiger charge is -2.17. The fourth-order valence-electron chi connectivity index (χ4n) is 4.06. The van der Waals surface area contributed by atoms with Crippen molar-refractivity contribution in [3.8, 4) is 22.3 Å². The maximum Gasteiger partial charge on any atom is 0.417 e. The first kappa shape index (κ1) is 31.2. The molecule has 40 heavy (non-hydrogen) atoms. The van der Waals surface area contributed by atoms with Crippen LogP contribution >= 0.6 is 31.9 Å². The van der Waals surface area contributed by atoms with Gasteiger partial charge in [0.25, 0.3) is 0 Å². The fourth-order valence-corrected chi connectivity index (χ4v) is 4.75. The molecule has 0 bridgehead atoms. The van der Waals surface area contributed by atoms with Gasteiger partial charge >= 0.3 is 12.4 Å². The third-order valence-electron chi connectivity index (χ3n) is 5.97. The summed E-state index contributed by atoms with van der Waals surface area (Å²) in [5.74, 6) is 0. The van der Waals surface area contributed by atoms with Crippen LogP contribution in [-0.4, -0.2) is 0 Å². The van der Waals surface area contributed by atoms with E-state index in [1.54, 1.807) is 44.2 Å². The SMILES string of the molecule is Cc1cc(N)c(Br)cc1-c1cc(Br)c(N)cc1C(F)(F)F.Cc1cc(N)ccc1-c1ccc(N)cc1C(F)(F)F. The number of benzene rings is 4. The smallest absolute Gasteiger partial charge is 0.399 e. The Morgan fingerprint density at radius 2 is 0.925 bits per heavy atom. The second-order valence-electron chi connectivity index (χ2n) is 8.98. The summed E-state index contributed by atoms with van der Waals surface area (Å²) in [5.41, 5.74) is 24.4. The molecule has 0 aliphatic carbocycles. The van der Waals surface area contributed by atoms with Crippen LogP contribution in [0.3, 0.4) is 0 Å². The number of hydrogen-bond donors (Lipinski definition) is 4. The quantitative estimate of drug-likeness (QED) is 0.124. The molecule has 0 amide bonds. The van der Waals surface area contributed by atoms with Gasteiger partial charge in [0.2, 0.25) is 0 Å². The lowest BCUT2D eigenvalue weighted by atomic mass is 9.95. The van der Waals surface area contributed by atoms with Crippen LogP contribution in [0, 0.1) is 13.8 Å². The zero-order chi connectivity index (χ0) is 30.2. The van der Waals surface area contributed by atoms with Crippen LogP contribution in [0.1, 0.15) is 22.3 Å². The van der Waals surface area contributed by atoms with Gasteiger partial charge in [-0.1, -0.05) is 12.1 Å². The number of hydrogen-bond acceptors (Lipinski definition) is 4. The standard InChI is InChI=1S/C14H11Br2F3N2.C14H13F3N2/c1-6-2-12(20)10(15)3-7(6)8-4-11(16)13(21)5-9(8)14(17,18)19;1-8-6-9(18)2-4-11(8)12-5-3-10(19)7-13(12)14(15,16)17/h2-5H,20-21H2,1H3;2-7H,18-19H2,1H3. The molecule has 0 radical (unpaired) electrons. The fraction of sp³-hybridized carbons (Fsp3) is 0.143. The Hall–Kier alpha value is -3.38. The molecule has 0 saturated carbocycles. The molecule has 12 heteroatoms. The lowest BCUT2D eigenvalue weighted by molar-refractivity contribution is -0.137. The highest BCUT2D eigenvalue weighted by molar-refractivity contribution is 9.11. The van der Waals surface area contributed by atoms with Crippen molar-refractivity contribution in [3.63, 3.8) is 0 Å². The summed E-state index contributed by atoms with van der Waals surface area (Å²) in [6.45, 7) is 3.44. The minimum atomic E-state index is -4.50. The highest BCUT2D eigenvalue weighted by atomic mass is 79.9. The summed E-state index contributed by atoms with van der Waals surface area (Å²) in [6.07, 6.45) is -8.94. The van der Waals surface area contributed by atoms with Crippen LogP contribution in [0.25, 0.3) is 22.3 Å². The van der Waals surface area contributed by atoms with E-state index in [1.165, 1.54) is 18.2 Å². The van der Waals surface area contributed by atoms with Crippen LogP contribution in [0.4, 0.5) is 49.1 Å². The minimum absolute atomic E-state index is 0.0400. The highest BCUT2D eigenvalue weighted by Crippen LogP contribution is 2.43. The molecule has 4 aromatic rings. The van der Waals surface area contributed by atoms with E-state index in [1.807, 2.05) is 0 Å². The Morgan fingerprint density at radius 3 is 1.45 bits per heavy atom. The van der Waals surface area contributed by atoms with Crippen molar-refractivity contribution in [1.29, 1.82) is 0 Å². The minimum Gasteiger partial charge on any atom is -0.399 e. The zero-order valence-electron chi connectivity index (χ0n) is 21.1. The van der Waals surface area contributed by atoms with Crippen molar-refractivity contribution in [2.45, 2.75) is 26.2 Å². The third kappa shape index (κ3) is 7.03. The molecule has 0 aliphatic heterocycles. The Morgan fingerprint density at radius 1 is 0.500 bits per heavy atom. The number of anilines is 4. The van der Waals surface area contributed by atoms with Gasteiger partial charge in [-0.3, -0.25) is 0 Å². The number of rotatable bonds is 2. The second kappa shape index (κ2) is 11.6. The number of nitrogens with two attached hydrogens (primary N) is 4. The zero-order valence-corrected chi connectivity index (χ0v) is 24.3. The van der Waals surface area contributed by atoms with Crippen molar-refractivity contribution < 1.29 is 26.3 Å². The Kier molecular flexibility index (Phi) is 9.05. The van der Waals surface area contributed by atoms with E-state index in [0.29, 0.717) is 42.6 Å². The van der Waals surface area contributed by atoms with Crippen LogP contribution < -0.4 is 22.9 Å².